The maximum Gasteiger partial charge on any atom is 0.267 e. The highest BCUT2D eigenvalue weighted by molar-refractivity contribution is 6.30. The number of amides is 2. The molecule has 0 bridgehead atoms. The highest BCUT2D eigenvalue weighted by atomic mass is 35.5. The molecule has 2 heterocycles. The summed E-state index contributed by atoms with van der Waals surface area (Å²) in [5, 5.41) is 0.627. The Morgan fingerprint density at radius 2 is 2.10 bits per heavy atom. The second-order valence-electron chi connectivity index (χ2n) is 4.77. The van der Waals surface area contributed by atoms with Crippen LogP contribution in [0.5, 0.6) is 0 Å². The first-order chi connectivity index (χ1) is 10.1. The summed E-state index contributed by atoms with van der Waals surface area (Å²) in [6.07, 6.45) is 2.21. The highest BCUT2D eigenvalue weighted by Crippen LogP contribution is 2.26. The summed E-state index contributed by atoms with van der Waals surface area (Å²) in [6.45, 7) is 0.545. The number of halogens is 1. The van der Waals surface area contributed by atoms with E-state index in [1.54, 1.807) is 23.1 Å². The normalized spacial score (nSPS) is 14.0. The van der Waals surface area contributed by atoms with Crippen LogP contribution in [0.2, 0.25) is 5.02 Å². The number of primary amides is 1. The smallest absolute Gasteiger partial charge is 0.267 e. The molecule has 0 saturated carbocycles. The lowest BCUT2D eigenvalue weighted by molar-refractivity contribution is 0.0978. The number of aromatic nitrogens is 1. The Morgan fingerprint density at radius 3 is 2.76 bits per heavy atom. The van der Waals surface area contributed by atoms with Crippen LogP contribution in [0.25, 0.3) is 0 Å². The van der Waals surface area contributed by atoms with Crippen molar-refractivity contribution in [2.45, 2.75) is 6.42 Å². The average molecular weight is 302 g/mol. The van der Waals surface area contributed by atoms with Crippen molar-refractivity contribution in [2.24, 2.45) is 5.73 Å². The van der Waals surface area contributed by atoms with Gasteiger partial charge in [-0.1, -0.05) is 11.6 Å². The van der Waals surface area contributed by atoms with E-state index in [0.29, 0.717) is 22.8 Å². The van der Waals surface area contributed by atoms with Gasteiger partial charge in [-0.3, -0.25) is 9.59 Å². The Hall–Kier alpha value is -2.40. The monoisotopic (exact) mass is 301 g/mol. The van der Waals surface area contributed by atoms with E-state index in [1.807, 2.05) is 6.07 Å². The number of nitrogens with two attached hydrogens (primary N) is 1. The zero-order chi connectivity index (χ0) is 15.0. The molecule has 2 aromatic rings. The molecule has 0 aliphatic carbocycles. The Labute approximate surface area is 126 Å². The molecule has 106 valence electrons. The van der Waals surface area contributed by atoms with Gasteiger partial charge in [0.2, 0.25) is 0 Å². The molecule has 5 nitrogen and oxygen atoms in total. The van der Waals surface area contributed by atoms with Gasteiger partial charge in [0.05, 0.1) is 11.9 Å². The van der Waals surface area contributed by atoms with Crippen LogP contribution in [-0.4, -0.2) is 23.3 Å². The van der Waals surface area contributed by atoms with Crippen LogP contribution in [-0.2, 0) is 6.42 Å². The molecule has 0 spiro atoms. The Balaban J connectivity index is 1.92. The molecule has 2 amide bonds. The number of hydrogen-bond acceptors (Lipinski definition) is 3. The summed E-state index contributed by atoms with van der Waals surface area (Å²) < 4.78 is 0. The number of pyridine rings is 1. The fraction of sp³-hybridized carbons (Fsp3) is 0.133. The number of fused-ring (bicyclic) bond motifs is 1. The molecule has 1 aromatic heterocycles. The summed E-state index contributed by atoms with van der Waals surface area (Å²) in [5.74, 6) is -0.687. The molecule has 2 N–H and O–H groups in total. The second-order valence-corrected chi connectivity index (χ2v) is 5.21. The molecule has 1 aliphatic rings. The van der Waals surface area contributed by atoms with Crippen LogP contribution in [0.3, 0.4) is 0 Å². The number of rotatable bonds is 2. The van der Waals surface area contributed by atoms with Gasteiger partial charge in [-0.15, -0.1) is 0 Å². The van der Waals surface area contributed by atoms with Crippen molar-refractivity contribution in [3.05, 3.63) is 58.4 Å². The maximum atomic E-state index is 12.5. The Kier molecular flexibility index (Phi) is 3.35. The van der Waals surface area contributed by atoms with Crippen molar-refractivity contribution in [3.8, 4) is 0 Å². The molecule has 0 fully saturated rings. The molecule has 0 radical (unpaired) electrons. The first kappa shape index (κ1) is 13.6. The van der Waals surface area contributed by atoms with Crippen molar-refractivity contribution < 1.29 is 9.59 Å². The minimum Gasteiger partial charge on any atom is -0.364 e. The Bertz CT molecular complexity index is 728. The molecule has 0 unspecified atom stereocenters. The van der Waals surface area contributed by atoms with Gasteiger partial charge in [0.25, 0.3) is 11.8 Å². The largest absolute Gasteiger partial charge is 0.364 e. The van der Waals surface area contributed by atoms with Gasteiger partial charge in [0, 0.05) is 17.1 Å². The van der Waals surface area contributed by atoms with Crippen molar-refractivity contribution in [2.75, 3.05) is 11.4 Å². The van der Waals surface area contributed by atoms with Crippen LogP contribution in [0.1, 0.15) is 26.4 Å². The van der Waals surface area contributed by atoms with Crippen LogP contribution in [0, 0.1) is 0 Å². The molecule has 6 heteroatoms. The summed E-state index contributed by atoms with van der Waals surface area (Å²) in [7, 11) is 0. The highest BCUT2D eigenvalue weighted by Gasteiger charge is 2.25. The van der Waals surface area contributed by atoms with Crippen molar-refractivity contribution in [1.82, 2.24) is 4.98 Å². The van der Waals surface area contributed by atoms with E-state index in [-0.39, 0.29) is 11.6 Å². The zero-order valence-corrected chi connectivity index (χ0v) is 11.8. The Morgan fingerprint density at radius 1 is 1.29 bits per heavy atom. The summed E-state index contributed by atoms with van der Waals surface area (Å²) >= 11 is 5.95. The van der Waals surface area contributed by atoms with E-state index >= 15 is 0 Å². The van der Waals surface area contributed by atoms with Crippen molar-refractivity contribution in [3.63, 3.8) is 0 Å². The predicted octanol–water partition coefficient (Wildman–Crippen LogP) is 2.04. The molecule has 0 saturated heterocycles. The van der Waals surface area contributed by atoms with Crippen LogP contribution < -0.4 is 10.6 Å². The van der Waals surface area contributed by atoms with E-state index in [1.165, 1.54) is 12.3 Å². The number of carbonyl (C=O) groups is 2. The molecule has 3 rings (SSSR count). The third-order valence-electron chi connectivity index (χ3n) is 3.46. The van der Waals surface area contributed by atoms with Crippen molar-refractivity contribution in [1.29, 1.82) is 0 Å². The van der Waals surface area contributed by atoms with Gasteiger partial charge in [-0.2, -0.15) is 0 Å². The number of carbonyl (C=O) groups excluding carboxylic acids is 2. The number of nitrogens with zero attached hydrogens (tertiary/aromatic N) is 2. The van der Waals surface area contributed by atoms with E-state index in [2.05, 4.69) is 4.98 Å². The third kappa shape index (κ3) is 2.48. The lowest BCUT2D eigenvalue weighted by atomic mass is 9.99. The van der Waals surface area contributed by atoms with Crippen LogP contribution in [0.4, 0.5) is 5.69 Å². The van der Waals surface area contributed by atoms with Crippen LogP contribution in [0.15, 0.2) is 36.5 Å². The lowest BCUT2D eigenvalue weighted by Gasteiger charge is -2.28. The molecule has 1 aliphatic heterocycles. The van der Waals surface area contributed by atoms with E-state index in [4.69, 9.17) is 17.3 Å². The first-order valence-corrected chi connectivity index (χ1v) is 6.80. The topological polar surface area (TPSA) is 76.3 Å². The fourth-order valence-corrected chi connectivity index (χ4v) is 2.59. The molecular weight excluding hydrogens is 290 g/mol. The fourth-order valence-electron chi connectivity index (χ4n) is 2.39. The minimum atomic E-state index is -0.591. The van der Waals surface area contributed by atoms with Crippen molar-refractivity contribution >= 4 is 29.1 Å². The average Bonchev–Trinajstić information content (AvgIpc) is 2.47. The van der Waals surface area contributed by atoms with Gasteiger partial charge in [-0.25, -0.2) is 4.98 Å². The quantitative estimate of drug-likeness (QED) is 0.922. The zero-order valence-electron chi connectivity index (χ0n) is 11.0. The number of anilines is 1. The van der Waals surface area contributed by atoms with E-state index in [9.17, 15) is 9.59 Å². The van der Waals surface area contributed by atoms with E-state index in [0.717, 1.165) is 12.0 Å². The summed E-state index contributed by atoms with van der Waals surface area (Å²) in [4.78, 5) is 29.1. The van der Waals surface area contributed by atoms with E-state index < -0.39 is 5.91 Å². The number of benzene rings is 1. The SMILES string of the molecule is NC(=O)c1ccc(N2CCc3cc(Cl)ccc3C2=O)cn1. The van der Waals surface area contributed by atoms with Crippen LogP contribution >= 0.6 is 11.6 Å². The summed E-state index contributed by atoms with van der Waals surface area (Å²) in [6, 6.07) is 8.45. The molecule has 21 heavy (non-hydrogen) atoms. The van der Waals surface area contributed by atoms with Gasteiger partial charge in [-0.05, 0) is 42.3 Å². The standard InChI is InChI=1S/C15H12ClN3O2/c16-10-1-3-12-9(7-10)5-6-19(15(12)21)11-2-4-13(14(17)20)18-8-11/h1-4,7-8H,5-6H2,(H2,17,20). The summed E-state index contributed by atoms with van der Waals surface area (Å²) in [5.41, 5.74) is 7.57. The lowest BCUT2D eigenvalue weighted by Crippen LogP contribution is -2.37. The molecule has 1 aromatic carbocycles. The minimum absolute atomic E-state index is 0.0958. The second kappa shape index (κ2) is 5.18. The van der Waals surface area contributed by atoms with Gasteiger partial charge in [0.1, 0.15) is 5.69 Å². The van der Waals surface area contributed by atoms with Gasteiger partial charge in [0.15, 0.2) is 0 Å². The molecular formula is C15H12ClN3O2. The number of hydrogen-bond donors (Lipinski definition) is 1. The van der Waals surface area contributed by atoms with Gasteiger partial charge >= 0.3 is 0 Å². The van der Waals surface area contributed by atoms with Gasteiger partial charge < -0.3 is 10.6 Å². The maximum absolute atomic E-state index is 12.5. The molecule has 0 atom stereocenters. The third-order valence-corrected chi connectivity index (χ3v) is 3.69. The first-order valence-electron chi connectivity index (χ1n) is 6.42. The predicted molar refractivity (Wildman–Crippen MR) is 79.6 cm³/mol.